The second kappa shape index (κ2) is 7.45. The van der Waals surface area contributed by atoms with E-state index in [4.69, 9.17) is 0 Å². The summed E-state index contributed by atoms with van der Waals surface area (Å²) in [5.74, 6) is 0. The summed E-state index contributed by atoms with van der Waals surface area (Å²) in [7, 11) is -4.07. The SMILES string of the molecule is O=S(=O)(NCCn1ccc(-c2cnccn2)n1)c1cccc(C(F)(F)F)c1. The Morgan fingerprint density at radius 1 is 1.11 bits per heavy atom. The van der Waals surface area contributed by atoms with Crippen molar-refractivity contribution >= 4 is 10.0 Å². The molecule has 11 heteroatoms. The van der Waals surface area contributed by atoms with Crippen molar-refractivity contribution in [3.63, 3.8) is 0 Å². The van der Waals surface area contributed by atoms with Gasteiger partial charge in [-0.05, 0) is 24.3 Å². The Labute approximate surface area is 152 Å². The molecule has 0 radical (unpaired) electrons. The highest BCUT2D eigenvalue weighted by molar-refractivity contribution is 7.89. The van der Waals surface area contributed by atoms with Gasteiger partial charge in [0.2, 0.25) is 10.0 Å². The zero-order valence-electron chi connectivity index (χ0n) is 13.8. The summed E-state index contributed by atoms with van der Waals surface area (Å²) >= 11 is 0. The van der Waals surface area contributed by atoms with E-state index in [9.17, 15) is 21.6 Å². The maximum atomic E-state index is 12.7. The highest BCUT2D eigenvalue weighted by atomic mass is 32.2. The number of hydrogen-bond donors (Lipinski definition) is 1. The van der Waals surface area contributed by atoms with Crippen LogP contribution in [0.2, 0.25) is 0 Å². The number of hydrogen-bond acceptors (Lipinski definition) is 5. The Bertz CT molecular complexity index is 1020. The average molecular weight is 397 g/mol. The Morgan fingerprint density at radius 3 is 2.63 bits per heavy atom. The summed E-state index contributed by atoms with van der Waals surface area (Å²) < 4.78 is 66.4. The first-order chi connectivity index (χ1) is 12.8. The summed E-state index contributed by atoms with van der Waals surface area (Å²) in [5.41, 5.74) is 0.121. The topological polar surface area (TPSA) is 89.8 Å². The van der Waals surface area contributed by atoms with Crippen LogP contribution in [0.25, 0.3) is 11.4 Å². The quantitative estimate of drug-likeness (QED) is 0.690. The van der Waals surface area contributed by atoms with E-state index < -0.39 is 26.7 Å². The van der Waals surface area contributed by atoms with Crippen LogP contribution in [-0.4, -0.2) is 34.7 Å². The van der Waals surface area contributed by atoms with E-state index in [0.717, 1.165) is 18.2 Å². The second-order valence-corrected chi connectivity index (χ2v) is 7.25. The van der Waals surface area contributed by atoms with Crippen molar-refractivity contribution in [2.45, 2.75) is 17.6 Å². The molecule has 0 bridgehead atoms. The lowest BCUT2D eigenvalue weighted by molar-refractivity contribution is -0.137. The Kier molecular flexibility index (Phi) is 5.24. The van der Waals surface area contributed by atoms with Crippen molar-refractivity contribution in [3.8, 4) is 11.4 Å². The van der Waals surface area contributed by atoms with Gasteiger partial charge in [-0.25, -0.2) is 13.1 Å². The smallest absolute Gasteiger partial charge is 0.271 e. The van der Waals surface area contributed by atoms with Crippen molar-refractivity contribution in [2.24, 2.45) is 0 Å². The zero-order chi connectivity index (χ0) is 19.5. The minimum atomic E-state index is -4.61. The predicted molar refractivity (Wildman–Crippen MR) is 89.9 cm³/mol. The van der Waals surface area contributed by atoms with Gasteiger partial charge in [0.1, 0.15) is 11.4 Å². The molecule has 0 aliphatic heterocycles. The van der Waals surface area contributed by atoms with E-state index in [1.807, 2.05) is 0 Å². The van der Waals surface area contributed by atoms with Crippen LogP contribution >= 0.6 is 0 Å². The van der Waals surface area contributed by atoms with Crippen molar-refractivity contribution < 1.29 is 21.6 Å². The van der Waals surface area contributed by atoms with Crippen LogP contribution in [0.5, 0.6) is 0 Å². The predicted octanol–water partition coefficient (Wildman–Crippen LogP) is 2.34. The molecular weight excluding hydrogens is 383 g/mol. The normalized spacial score (nSPS) is 12.3. The molecule has 3 rings (SSSR count). The summed E-state index contributed by atoms with van der Waals surface area (Å²) in [6.45, 7) is 0.151. The Hall–Kier alpha value is -2.79. The third kappa shape index (κ3) is 4.68. The van der Waals surface area contributed by atoms with Gasteiger partial charge in [0.25, 0.3) is 0 Å². The standard InChI is InChI=1S/C16H14F3N5O2S/c17-16(18,19)12-2-1-3-13(10-12)27(25,26)22-7-9-24-8-4-14(23-24)15-11-20-5-6-21-15/h1-6,8,10-11,22H,7,9H2. The summed E-state index contributed by atoms with van der Waals surface area (Å²) in [5, 5.41) is 4.25. The molecule has 0 aliphatic rings. The lowest BCUT2D eigenvalue weighted by Crippen LogP contribution is -2.27. The molecule has 142 valence electrons. The molecule has 0 unspecified atom stereocenters. The molecule has 7 nitrogen and oxygen atoms in total. The van der Waals surface area contributed by atoms with Gasteiger partial charge in [0, 0.05) is 25.1 Å². The summed E-state index contributed by atoms with van der Waals surface area (Å²) in [6, 6.07) is 5.28. The molecule has 0 saturated heterocycles. The summed E-state index contributed by atoms with van der Waals surface area (Å²) in [4.78, 5) is 7.60. The Morgan fingerprint density at radius 2 is 1.93 bits per heavy atom. The van der Waals surface area contributed by atoms with Gasteiger partial charge >= 0.3 is 6.18 Å². The number of nitrogens with one attached hydrogen (secondary N) is 1. The van der Waals surface area contributed by atoms with Crippen LogP contribution in [-0.2, 0) is 22.7 Å². The number of rotatable bonds is 6. The van der Waals surface area contributed by atoms with E-state index in [1.54, 1.807) is 18.5 Å². The number of sulfonamides is 1. The lowest BCUT2D eigenvalue weighted by atomic mass is 10.2. The number of benzene rings is 1. The molecule has 3 aromatic rings. The van der Waals surface area contributed by atoms with Crippen molar-refractivity contribution in [2.75, 3.05) is 6.54 Å². The van der Waals surface area contributed by atoms with Crippen molar-refractivity contribution in [1.29, 1.82) is 0 Å². The largest absolute Gasteiger partial charge is 0.416 e. The molecule has 0 spiro atoms. The molecule has 0 amide bonds. The monoisotopic (exact) mass is 397 g/mol. The minimum absolute atomic E-state index is 0.0415. The van der Waals surface area contributed by atoms with Crippen LogP contribution in [0.15, 0.2) is 60.0 Å². The van der Waals surface area contributed by atoms with Gasteiger partial charge in [0.15, 0.2) is 0 Å². The van der Waals surface area contributed by atoms with Crippen LogP contribution < -0.4 is 4.72 Å². The molecule has 0 fully saturated rings. The molecule has 0 atom stereocenters. The van der Waals surface area contributed by atoms with E-state index in [-0.39, 0.29) is 13.1 Å². The summed E-state index contributed by atoms with van der Waals surface area (Å²) in [6.07, 6.45) is 1.63. The van der Waals surface area contributed by atoms with Crippen LogP contribution in [0, 0.1) is 0 Å². The lowest BCUT2D eigenvalue weighted by Gasteiger charge is -2.10. The first kappa shape index (κ1) is 19.0. The molecule has 1 N–H and O–H groups in total. The van der Waals surface area contributed by atoms with E-state index in [1.165, 1.54) is 17.1 Å². The third-order valence-corrected chi connectivity index (χ3v) is 5.03. The van der Waals surface area contributed by atoms with Crippen LogP contribution in [0.1, 0.15) is 5.56 Å². The molecule has 0 aliphatic carbocycles. The molecule has 2 heterocycles. The number of nitrogens with zero attached hydrogens (tertiary/aromatic N) is 4. The second-order valence-electron chi connectivity index (χ2n) is 5.48. The Balaban J connectivity index is 1.64. The van der Waals surface area contributed by atoms with Gasteiger partial charge in [-0.1, -0.05) is 6.07 Å². The molecule has 1 aromatic carbocycles. The van der Waals surface area contributed by atoms with Gasteiger partial charge in [-0.2, -0.15) is 18.3 Å². The van der Waals surface area contributed by atoms with E-state index in [0.29, 0.717) is 17.5 Å². The molecule has 27 heavy (non-hydrogen) atoms. The highest BCUT2D eigenvalue weighted by Crippen LogP contribution is 2.30. The fraction of sp³-hybridized carbons (Fsp3) is 0.188. The number of alkyl halides is 3. The van der Waals surface area contributed by atoms with Crippen molar-refractivity contribution in [1.82, 2.24) is 24.5 Å². The highest BCUT2D eigenvalue weighted by Gasteiger charge is 2.31. The van der Waals surface area contributed by atoms with Gasteiger partial charge in [-0.15, -0.1) is 0 Å². The number of halogens is 3. The van der Waals surface area contributed by atoms with Gasteiger partial charge < -0.3 is 0 Å². The zero-order valence-corrected chi connectivity index (χ0v) is 14.6. The maximum Gasteiger partial charge on any atom is 0.416 e. The third-order valence-electron chi connectivity index (χ3n) is 3.57. The average Bonchev–Trinajstić information content (AvgIpc) is 3.11. The first-order valence-corrected chi connectivity index (χ1v) is 9.21. The van der Waals surface area contributed by atoms with Crippen LogP contribution in [0.4, 0.5) is 13.2 Å². The number of aromatic nitrogens is 4. The fourth-order valence-electron chi connectivity index (χ4n) is 2.27. The molecule has 0 saturated carbocycles. The molecular formula is C16H14F3N5O2S. The van der Waals surface area contributed by atoms with Crippen molar-refractivity contribution in [3.05, 3.63) is 60.7 Å². The maximum absolute atomic E-state index is 12.7. The fourth-order valence-corrected chi connectivity index (χ4v) is 3.34. The minimum Gasteiger partial charge on any atom is -0.271 e. The van der Waals surface area contributed by atoms with Gasteiger partial charge in [-0.3, -0.25) is 14.6 Å². The van der Waals surface area contributed by atoms with Crippen LogP contribution in [0.3, 0.4) is 0 Å². The van der Waals surface area contributed by atoms with E-state index in [2.05, 4.69) is 19.8 Å². The van der Waals surface area contributed by atoms with E-state index >= 15 is 0 Å². The first-order valence-electron chi connectivity index (χ1n) is 7.72. The van der Waals surface area contributed by atoms with Gasteiger partial charge in [0.05, 0.1) is 23.2 Å². The molecule has 2 aromatic heterocycles.